The molecule has 2 aliphatic heterocycles. The van der Waals surface area contributed by atoms with E-state index in [1.807, 2.05) is 0 Å². The Morgan fingerprint density at radius 2 is 1.71 bits per heavy atom. The molecule has 0 N–H and O–H groups in total. The third-order valence-electron chi connectivity index (χ3n) is 4.83. The molecule has 0 radical (unpaired) electrons. The van der Waals surface area contributed by atoms with Gasteiger partial charge in [-0.3, -0.25) is 0 Å². The highest BCUT2D eigenvalue weighted by Crippen LogP contribution is 2.33. The SMILES string of the molecule is [2H]c1c([2H])c([2H])c(C(O[C@@H]2CCCN(C([2H])([2H])Cc3c([2H])c([2H])c4c(c3[2H])OC([2H])([2H])O4)C2)c2c([2H])c([2H])c([2H])c([2H])c2[2H])c([2H])c1[2H]. The van der Waals surface area contributed by atoms with Crippen molar-refractivity contribution in [1.29, 1.82) is 0 Å². The number of ether oxygens (including phenoxy) is 3. The molecule has 4 heteroatoms. The van der Waals surface area contributed by atoms with Crippen molar-refractivity contribution >= 4 is 0 Å². The molecule has 0 saturated carbocycles. The fourth-order valence-corrected chi connectivity index (χ4v) is 3.39. The maximum absolute atomic E-state index is 8.90. The zero-order chi connectivity index (χ0) is 35.8. The zero-order valence-corrected chi connectivity index (χ0v) is 16.4. The van der Waals surface area contributed by atoms with Crippen molar-refractivity contribution in [1.82, 2.24) is 4.90 Å². The summed E-state index contributed by atoms with van der Waals surface area (Å²) in [6, 6.07) is -8.76. The van der Waals surface area contributed by atoms with Gasteiger partial charge in [-0.1, -0.05) is 66.5 Å². The van der Waals surface area contributed by atoms with E-state index in [0.29, 0.717) is 6.42 Å². The van der Waals surface area contributed by atoms with E-state index in [1.54, 1.807) is 0 Å². The maximum Gasteiger partial charge on any atom is 0.231 e. The van der Waals surface area contributed by atoms with E-state index in [4.69, 9.17) is 37.5 Å². The van der Waals surface area contributed by atoms with Gasteiger partial charge in [-0.15, -0.1) is 0 Å². The molecule has 3 aromatic rings. The molecule has 0 spiro atoms. The van der Waals surface area contributed by atoms with Crippen LogP contribution >= 0.6 is 0 Å². The summed E-state index contributed by atoms with van der Waals surface area (Å²) in [7, 11) is 0. The summed E-state index contributed by atoms with van der Waals surface area (Å²) in [6.07, 6.45) is -2.75. The second kappa shape index (κ2) is 9.54. The summed E-state index contributed by atoms with van der Waals surface area (Å²) in [4.78, 5) is 1.33. The monoisotopic (exact) mass is 432 g/mol. The largest absolute Gasteiger partial charge is 0.454 e. The first-order chi connectivity index (χ1) is 22.2. The number of fused-ring (bicyclic) bond motifs is 1. The number of hydrogen-bond donors (Lipinski definition) is 0. The number of hydrogen-bond acceptors (Lipinski definition) is 4. The molecule has 1 saturated heterocycles. The lowest BCUT2D eigenvalue weighted by Crippen LogP contribution is -2.41. The molecule has 3 aromatic carbocycles. The van der Waals surface area contributed by atoms with Crippen LogP contribution in [-0.2, 0) is 11.2 Å². The molecule has 0 amide bonds. The molecular weight excluding hydrogens is 386 g/mol. The number of benzene rings is 3. The minimum atomic E-state index is -2.67. The molecule has 0 bridgehead atoms. The second-order valence-electron chi connectivity index (χ2n) is 6.94. The molecule has 5 rings (SSSR count). The molecule has 1 fully saturated rings. The van der Waals surface area contributed by atoms with Gasteiger partial charge < -0.3 is 19.1 Å². The number of rotatable bonds is 7. The van der Waals surface area contributed by atoms with Crippen molar-refractivity contribution in [2.45, 2.75) is 31.5 Å². The average molecular weight is 433 g/mol. The van der Waals surface area contributed by atoms with E-state index < -0.39 is 133 Å². The number of nitrogens with zero attached hydrogens (tertiary/aromatic N) is 1. The van der Waals surface area contributed by atoms with Crippen molar-refractivity contribution in [3.8, 4) is 11.5 Å². The van der Waals surface area contributed by atoms with Crippen LogP contribution in [0.4, 0.5) is 0 Å². The van der Waals surface area contributed by atoms with E-state index in [0.717, 1.165) is 0 Å². The molecule has 160 valence electrons. The van der Waals surface area contributed by atoms with Crippen LogP contribution in [0.1, 0.15) is 58.9 Å². The van der Waals surface area contributed by atoms with Crippen LogP contribution in [0.2, 0.25) is 0 Å². The minimum Gasteiger partial charge on any atom is -0.454 e. The Labute approximate surface area is 208 Å². The average Bonchev–Trinajstić information content (AvgIpc) is 3.37. The van der Waals surface area contributed by atoms with E-state index in [1.165, 1.54) is 4.90 Å². The molecule has 1 atom stereocenters. The Hall–Kier alpha value is -2.82. The van der Waals surface area contributed by atoms with Crippen molar-refractivity contribution < 1.29 is 37.5 Å². The highest BCUT2D eigenvalue weighted by molar-refractivity contribution is 5.44. The van der Waals surface area contributed by atoms with Gasteiger partial charge in [0.2, 0.25) is 6.75 Å². The van der Waals surface area contributed by atoms with Gasteiger partial charge in [0.1, 0.15) is 8.85 Å². The first-order valence-corrected chi connectivity index (χ1v) is 9.74. The predicted octanol–water partition coefficient (Wildman–Crippen LogP) is 5.23. The standard InChI is InChI=1S/C27H29NO3/c1-3-8-22(9-4-1)27(23-10-5-2-6-11-23)31-24-12-7-16-28(19-24)17-15-21-13-14-25-26(18-21)30-20-29-25/h1-6,8-11,13-14,18,24,27H,7,12,15-17,19-20H2/t24-/m1/s1/i1D,2D,3D,4D,5D,6D,8D,9D,10D,11D,13D,14D,17D2,18D,20D2. The van der Waals surface area contributed by atoms with Crippen LogP contribution in [0.15, 0.2) is 78.6 Å². The molecule has 0 unspecified atom stereocenters. The predicted molar refractivity (Wildman–Crippen MR) is 122 cm³/mol. The lowest BCUT2D eigenvalue weighted by Gasteiger charge is -2.35. The van der Waals surface area contributed by atoms with Crippen molar-refractivity contribution in [3.05, 3.63) is 95.2 Å². The normalized spacial score (nSPS) is 28.3. The fraction of sp³-hybridized carbons (Fsp3) is 0.333. The van der Waals surface area contributed by atoms with Crippen LogP contribution in [0.25, 0.3) is 0 Å². The van der Waals surface area contributed by atoms with Crippen LogP contribution in [-0.4, -0.2) is 37.3 Å². The molecule has 0 aromatic heterocycles. The summed E-state index contributed by atoms with van der Waals surface area (Å²) >= 11 is 0. The number of likely N-dealkylation sites (tertiary alicyclic amines) is 1. The Bertz CT molecular complexity index is 1690. The topological polar surface area (TPSA) is 30.9 Å². The minimum absolute atomic E-state index is 0.155. The molecule has 4 nitrogen and oxygen atoms in total. The fourth-order valence-electron chi connectivity index (χ4n) is 3.39. The van der Waals surface area contributed by atoms with Crippen LogP contribution in [0.5, 0.6) is 11.5 Å². The van der Waals surface area contributed by atoms with Crippen molar-refractivity contribution in [3.63, 3.8) is 0 Å². The summed E-state index contributed by atoms with van der Waals surface area (Å²) in [5.41, 5.74) is -1.15. The Morgan fingerprint density at radius 3 is 2.45 bits per heavy atom. The van der Waals surface area contributed by atoms with Gasteiger partial charge in [0.25, 0.3) is 0 Å². The van der Waals surface area contributed by atoms with Gasteiger partial charge >= 0.3 is 0 Å². The lowest BCUT2D eigenvalue weighted by atomic mass is 10.00. The van der Waals surface area contributed by atoms with Crippen LogP contribution in [0.3, 0.4) is 0 Å². The Kier molecular flexibility index (Phi) is 2.65. The summed E-state index contributed by atoms with van der Waals surface area (Å²) in [6.45, 7) is -5.01. The molecule has 0 aliphatic carbocycles. The van der Waals surface area contributed by atoms with Gasteiger partial charge in [-0.25, -0.2) is 0 Å². The third-order valence-corrected chi connectivity index (χ3v) is 4.83. The smallest absolute Gasteiger partial charge is 0.231 e. The van der Waals surface area contributed by atoms with Gasteiger partial charge in [0, 0.05) is 15.8 Å². The van der Waals surface area contributed by atoms with Crippen LogP contribution < -0.4 is 9.47 Å². The molecule has 31 heavy (non-hydrogen) atoms. The molecule has 2 heterocycles. The first kappa shape index (κ1) is 8.61. The Morgan fingerprint density at radius 1 is 1.00 bits per heavy atom. The molecular formula is C27H29NO3. The van der Waals surface area contributed by atoms with E-state index in [9.17, 15) is 0 Å². The maximum atomic E-state index is 8.90. The zero-order valence-electron chi connectivity index (χ0n) is 33.4. The second-order valence-corrected chi connectivity index (χ2v) is 6.94. The number of piperidine rings is 1. The summed E-state index contributed by atoms with van der Waals surface area (Å²) in [5.74, 6) is -0.858. The Balaban J connectivity index is 1.53. The van der Waals surface area contributed by atoms with E-state index in [2.05, 4.69) is 0 Å². The quantitative estimate of drug-likeness (QED) is 0.512. The van der Waals surface area contributed by atoms with Gasteiger partial charge in [-0.2, -0.15) is 0 Å². The first-order valence-electron chi connectivity index (χ1n) is 18.2. The van der Waals surface area contributed by atoms with Gasteiger partial charge in [0.15, 0.2) is 11.5 Å². The third kappa shape index (κ3) is 4.92. The highest BCUT2D eigenvalue weighted by atomic mass is 16.7. The van der Waals surface area contributed by atoms with Gasteiger partial charge in [0.05, 0.1) is 23.9 Å². The van der Waals surface area contributed by atoms with E-state index >= 15 is 0 Å². The highest BCUT2D eigenvalue weighted by Gasteiger charge is 2.25. The molecule has 2 aliphatic rings. The van der Waals surface area contributed by atoms with Crippen molar-refractivity contribution in [2.75, 3.05) is 26.3 Å². The lowest BCUT2D eigenvalue weighted by molar-refractivity contribution is -0.0330. The summed E-state index contributed by atoms with van der Waals surface area (Å²) < 4.78 is 157. The van der Waals surface area contributed by atoms with E-state index in [-0.39, 0.29) is 25.1 Å². The van der Waals surface area contributed by atoms with Crippen LogP contribution in [0, 0.1) is 0 Å². The summed E-state index contributed by atoms with van der Waals surface area (Å²) in [5, 5.41) is 0. The van der Waals surface area contributed by atoms with Gasteiger partial charge in [-0.05, 0) is 54.6 Å². The van der Waals surface area contributed by atoms with Crippen molar-refractivity contribution in [2.24, 2.45) is 0 Å².